The van der Waals surface area contributed by atoms with Crippen molar-refractivity contribution in [2.24, 2.45) is 7.05 Å². The molecule has 2 nitrogen and oxygen atoms in total. The lowest BCUT2D eigenvalue weighted by molar-refractivity contribution is 0.885. The van der Waals surface area contributed by atoms with Crippen molar-refractivity contribution in [3.8, 4) is 0 Å². The van der Waals surface area contributed by atoms with Crippen molar-refractivity contribution >= 4 is 33.6 Å². The summed E-state index contributed by atoms with van der Waals surface area (Å²) in [5.41, 5.74) is 3.63. The van der Waals surface area contributed by atoms with Gasteiger partial charge in [-0.1, -0.05) is 0 Å². The van der Waals surface area contributed by atoms with Crippen LogP contribution in [0.4, 0.5) is 0 Å². The quantitative estimate of drug-likeness (QED) is 0.681. The molecular formula is C10H11IN2. The highest BCUT2D eigenvalue weighted by Gasteiger charge is 2.05. The van der Waals surface area contributed by atoms with Crippen LogP contribution in [0.5, 0.6) is 0 Å². The van der Waals surface area contributed by atoms with Gasteiger partial charge in [-0.2, -0.15) is 0 Å². The number of aromatic nitrogens is 2. The molecule has 1 heterocycles. The molecule has 2 aromatic rings. The Labute approximate surface area is 91.1 Å². The lowest BCUT2D eigenvalue weighted by atomic mass is 10.2. The Morgan fingerprint density at radius 2 is 2.00 bits per heavy atom. The number of rotatable bonds is 0. The third kappa shape index (κ3) is 1.35. The van der Waals surface area contributed by atoms with Gasteiger partial charge >= 0.3 is 0 Å². The molecule has 2 rings (SSSR count). The highest BCUT2D eigenvalue weighted by molar-refractivity contribution is 14.1. The van der Waals surface area contributed by atoms with Gasteiger partial charge in [-0.05, 0) is 54.1 Å². The molecule has 0 saturated carbocycles. The Kier molecular flexibility index (Phi) is 2.06. The summed E-state index contributed by atoms with van der Waals surface area (Å²) in [6, 6.07) is 4.33. The number of benzene rings is 1. The zero-order chi connectivity index (χ0) is 9.59. The van der Waals surface area contributed by atoms with Gasteiger partial charge in [0.2, 0.25) is 0 Å². The number of fused-ring (bicyclic) bond motifs is 1. The van der Waals surface area contributed by atoms with Crippen molar-refractivity contribution in [2.75, 3.05) is 0 Å². The van der Waals surface area contributed by atoms with Gasteiger partial charge in [0, 0.05) is 10.6 Å². The predicted molar refractivity (Wildman–Crippen MR) is 62.9 cm³/mol. The fraction of sp³-hybridized carbons (Fsp3) is 0.300. The SMILES string of the molecule is Cc1cc2c(cc1I)nc(C)n2C. The first kappa shape index (κ1) is 8.99. The van der Waals surface area contributed by atoms with E-state index < -0.39 is 0 Å². The lowest BCUT2D eigenvalue weighted by Crippen LogP contribution is -1.90. The molecule has 1 aromatic heterocycles. The highest BCUT2D eigenvalue weighted by atomic mass is 127. The van der Waals surface area contributed by atoms with Crippen LogP contribution in [-0.4, -0.2) is 9.55 Å². The molecule has 0 N–H and O–H groups in total. The van der Waals surface area contributed by atoms with Crippen molar-refractivity contribution in [1.29, 1.82) is 0 Å². The Bertz CT molecular complexity index is 471. The number of imidazole rings is 1. The highest BCUT2D eigenvalue weighted by Crippen LogP contribution is 2.20. The van der Waals surface area contributed by atoms with Gasteiger partial charge in [0.05, 0.1) is 11.0 Å². The van der Waals surface area contributed by atoms with Gasteiger partial charge < -0.3 is 4.57 Å². The average molecular weight is 286 g/mol. The summed E-state index contributed by atoms with van der Waals surface area (Å²) in [6.07, 6.45) is 0. The summed E-state index contributed by atoms with van der Waals surface area (Å²) < 4.78 is 3.40. The van der Waals surface area contributed by atoms with Crippen molar-refractivity contribution in [2.45, 2.75) is 13.8 Å². The Morgan fingerprint density at radius 1 is 1.31 bits per heavy atom. The van der Waals surface area contributed by atoms with E-state index in [1.807, 2.05) is 6.92 Å². The molecule has 0 bridgehead atoms. The van der Waals surface area contributed by atoms with Crippen molar-refractivity contribution < 1.29 is 0 Å². The molecular weight excluding hydrogens is 275 g/mol. The van der Waals surface area contributed by atoms with Crippen molar-refractivity contribution in [3.05, 3.63) is 27.1 Å². The summed E-state index contributed by atoms with van der Waals surface area (Å²) in [5, 5.41) is 0. The smallest absolute Gasteiger partial charge is 0.106 e. The first-order chi connectivity index (χ1) is 6.09. The van der Waals surface area contributed by atoms with E-state index in [4.69, 9.17) is 0 Å². The molecule has 0 unspecified atom stereocenters. The number of hydrogen-bond acceptors (Lipinski definition) is 1. The summed E-state index contributed by atoms with van der Waals surface area (Å²) in [5.74, 6) is 1.07. The minimum atomic E-state index is 1.07. The van der Waals surface area contributed by atoms with E-state index in [1.165, 1.54) is 14.7 Å². The summed E-state index contributed by atoms with van der Waals surface area (Å²) in [4.78, 5) is 4.47. The van der Waals surface area contributed by atoms with Crippen LogP contribution in [0.1, 0.15) is 11.4 Å². The summed E-state index contributed by atoms with van der Waals surface area (Å²) in [7, 11) is 2.05. The Hall–Kier alpha value is -0.580. The first-order valence-electron chi connectivity index (χ1n) is 4.19. The van der Waals surface area contributed by atoms with E-state index in [-0.39, 0.29) is 0 Å². The second-order valence-electron chi connectivity index (χ2n) is 3.31. The molecule has 0 spiro atoms. The molecule has 13 heavy (non-hydrogen) atoms. The zero-order valence-corrected chi connectivity index (χ0v) is 10.1. The van der Waals surface area contributed by atoms with Gasteiger partial charge in [-0.25, -0.2) is 4.98 Å². The fourth-order valence-electron chi connectivity index (χ4n) is 1.44. The van der Waals surface area contributed by atoms with Crippen LogP contribution in [0.2, 0.25) is 0 Å². The number of aryl methyl sites for hydroxylation is 3. The largest absolute Gasteiger partial charge is 0.331 e. The monoisotopic (exact) mass is 286 g/mol. The first-order valence-corrected chi connectivity index (χ1v) is 5.26. The fourth-order valence-corrected chi connectivity index (χ4v) is 1.89. The molecule has 0 amide bonds. The molecule has 0 aliphatic rings. The lowest BCUT2D eigenvalue weighted by Gasteiger charge is -1.99. The van der Waals surface area contributed by atoms with Crippen molar-refractivity contribution in [3.63, 3.8) is 0 Å². The molecule has 1 aromatic carbocycles. The molecule has 0 atom stereocenters. The third-order valence-corrected chi connectivity index (χ3v) is 3.55. The van der Waals surface area contributed by atoms with Crippen LogP contribution >= 0.6 is 22.6 Å². The van der Waals surface area contributed by atoms with Gasteiger partial charge in [-0.15, -0.1) is 0 Å². The molecule has 0 aliphatic heterocycles. The van der Waals surface area contributed by atoms with E-state index in [9.17, 15) is 0 Å². The molecule has 0 fully saturated rings. The van der Waals surface area contributed by atoms with Crippen LogP contribution in [0.25, 0.3) is 11.0 Å². The second-order valence-corrected chi connectivity index (χ2v) is 4.47. The molecule has 0 radical (unpaired) electrons. The van der Waals surface area contributed by atoms with Crippen LogP contribution < -0.4 is 0 Å². The van der Waals surface area contributed by atoms with Crippen LogP contribution in [-0.2, 0) is 7.05 Å². The molecule has 3 heteroatoms. The number of nitrogens with zero attached hydrogens (tertiary/aromatic N) is 2. The van der Waals surface area contributed by atoms with Crippen LogP contribution in [0.3, 0.4) is 0 Å². The van der Waals surface area contributed by atoms with Crippen LogP contribution in [0, 0.1) is 17.4 Å². The van der Waals surface area contributed by atoms with E-state index >= 15 is 0 Å². The summed E-state index contributed by atoms with van der Waals surface area (Å²) >= 11 is 2.34. The molecule has 68 valence electrons. The predicted octanol–water partition coefficient (Wildman–Crippen LogP) is 2.79. The second kappa shape index (κ2) is 2.97. The molecule has 0 saturated heterocycles. The van der Waals surface area contributed by atoms with E-state index in [1.54, 1.807) is 0 Å². The Morgan fingerprint density at radius 3 is 2.69 bits per heavy atom. The van der Waals surface area contributed by atoms with E-state index in [0.717, 1.165) is 11.3 Å². The van der Waals surface area contributed by atoms with Crippen LogP contribution in [0.15, 0.2) is 12.1 Å². The molecule has 0 aliphatic carbocycles. The van der Waals surface area contributed by atoms with Gasteiger partial charge in [-0.3, -0.25) is 0 Å². The minimum Gasteiger partial charge on any atom is -0.331 e. The summed E-state index contributed by atoms with van der Waals surface area (Å²) in [6.45, 7) is 4.16. The van der Waals surface area contributed by atoms with Gasteiger partial charge in [0.1, 0.15) is 5.82 Å². The van der Waals surface area contributed by atoms with Gasteiger partial charge in [0.15, 0.2) is 0 Å². The maximum absolute atomic E-state index is 4.47. The maximum atomic E-state index is 4.47. The van der Waals surface area contributed by atoms with E-state index in [2.05, 4.69) is 58.2 Å². The minimum absolute atomic E-state index is 1.07. The van der Waals surface area contributed by atoms with E-state index in [0.29, 0.717) is 0 Å². The average Bonchev–Trinajstić information content (AvgIpc) is 2.32. The number of hydrogen-bond donors (Lipinski definition) is 0. The third-order valence-electron chi connectivity index (χ3n) is 2.38. The zero-order valence-electron chi connectivity index (χ0n) is 7.93. The number of halogens is 1. The Balaban J connectivity index is 2.89. The van der Waals surface area contributed by atoms with Gasteiger partial charge in [0.25, 0.3) is 0 Å². The topological polar surface area (TPSA) is 17.8 Å². The maximum Gasteiger partial charge on any atom is 0.106 e. The van der Waals surface area contributed by atoms with Crippen molar-refractivity contribution in [1.82, 2.24) is 9.55 Å². The standard InChI is InChI=1S/C10H11IN2/c1-6-4-10-9(5-8(6)11)12-7(2)13(10)3/h4-5H,1-3H3. The normalized spacial score (nSPS) is 11.1.